The van der Waals surface area contributed by atoms with E-state index in [1.54, 1.807) is 13.1 Å². The van der Waals surface area contributed by atoms with Gasteiger partial charge in [-0.25, -0.2) is 8.42 Å². The van der Waals surface area contributed by atoms with Crippen LogP contribution in [0.5, 0.6) is 0 Å². The van der Waals surface area contributed by atoms with Gasteiger partial charge in [0.1, 0.15) is 0 Å². The van der Waals surface area contributed by atoms with Gasteiger partial charge < -0.3 is 14.6 Å². The van der Waals surface area contributed by atoms with Crippen LogP contribution in [0.2, 0.25) is 0 Å². The van der Waals surface area contributed by atoms with Gasteiger partial charge in [0.15, 0.2) is 16.4 Å². The lowest BCUT2D eigenvalue weighted by molar-refractivity contribution is -0.152. The average molecular weight is 378 g/mol. The molecule has 0 aliphatic carbocycles. The summed E-state index contributed by atoms with van der Waals surface area (Å²) in [6.07, 6.45) is 2.27. The second-order valence-corrected chi connectivity index (χ2v) is 8.66. The lowest BCUT2D eigenvalue weighted by Crippen LogP contribution is -2.43. The highest BCUT2D eigenvalue weighted by atomic mass is 32.2. The van der Waals surface area contributed by atoms with E-state index in [0.29, 0.717) is 13.0 Å². The third-order valence-corrected chi connectivity index (χ3v) is 6.43. The number of benzene rings is 1. The number of carbonyl (C=O) groups is 2. The van der Waals surface area contributed by atoms with Crippen molar-refractivity contribution in [1.29, 1.82) is 0 Å². The molecular formula is C18H22N2O5S. The predicted molar refractivity (Wildman–Crippen MR) is 97.4 cm³/mol. The van der Waals surface area contributed by atoms with Crippen LogP contribution in [0, 0.1) is 0 Å². The second-order valence-electron chi connectivity index (χ2n) is 6.43. The van der Waals surface area contributed by atoms with Crippen molar-refractivity contribution in [1.82, 2.24) is 9.88 Å². The fraction of sp³-hybridized carbons (Fsp3) is 0.444. The van der Waals surface area contributed by atoms with Crippen LogP contribution in [0.4, 0.5) is 0 Å². The summed E-state index contributed by atoms with van der Waals surface area (Å²) in [6.45, 7) is 1.81. The molecule has 2 heterocycles. The number of hydrogen-bond donors (Lipinski definition) is 1. The van der Waals surface area contributed by atoms with Crippen molar-refractivity contribution < 1.29 is 22.7 Å². The van der Waals surface area contributed by atoms with Gasteiger partial charge in [-0.2, -0.15) is 0 Å². The molecule has 0 spiro atoms. The number of aromatic nitrogens is 1. The quantitative estimate of drug-likeness (QED) is 0.764. The Labute approximate surface area is 152 Å². The standard InChI is InChI=1S/C18H22N2O5S/c1-2-20(14-7-8-26(23,24)12-14)17(21)11-25-18(22)9-13-10-19-16-6-4-3-5-15(13)16/h3-6,10,14,19H,2,7-9,11-12H2,1H3/t14-/m0/s1. The van der Waals surface area contributed by atoms with E-state index in [1.165, 1.54) is 4.90 Å². The Hall–Kier alpha value is -2.35. The first-order valence-electron chi connectivity index (χ1n) is 8.60. The topological polar surface area (TPSA) is 96.5 Å². The number of carbonyl (C=O) groups excluding carboxylic acids is 2. The van der Waals surface area contributed by atoms with E-state index in [9.17, 15) is 18.0 Å². The van der Waals surface area contributed by atoms with Crippen molar-refractivity contribution in [2.45, 2.75) is 25.8 Å². The van der Waals surface area contributed by atoms with Gasteiger partial charge in [0.05, 0.1) is 17.9 Å². The average Bonchev–Trinajstić information content (AvgIpc) is 3.17. The van der Waals surface area contributed by atoms with Crippen LogP contribution in [-0.4, -0.2) is 60.9 Å². The number of ether oxygens (including phenoxy) is 1. The van der Waals surface area contributed by atoms with E-state index >= 15 is 0 Å². The van der Waals surface area contributed by atoms with Gasteiger partial charge in [0.2, 0.25) is 0 Å². The first-order chi connectivity index (χ1) is 12.4. The highest BCUT2D eigenvalue weighted by molar-refractivity contribution is 7.91. The zero-order valence-electron chi connectivity index (χ0n) is 14.6. The van der Waals surface area contributed by atoms with Crippen LogP contribution in [-0.2, 0) is 30.6 Å². The molecule has 1 aromatic carbocycles. The molecule has 26 heavy (non-hydrogen) atoms. The van der Waals surface area contributed by atoms with Crippen LogP contribution >= 0.6 is 0 Å². The van der Waals surface area contributed by atoms with Crippen molar-refractivity contribution >= 4 is 32.6 Å². The number of likely N-dealkylation sites (N-methyl/N-ethyl adjacent to an activating group) is 1. The molecule has 0 unspecified atom stereocenters. The maximum atomic E-state index is 12.3. The monoisotopic (exact) mass is 378 g/mol. The molecule has 1 N–H and O–H groups in total. The fourth-order valence-corrected chi connectivity index (χ4v) is 5.10. The fourth-order valence-electron chi connectivity index (χ4n) is 3.37. The smallest absolute Gasteiger partial charge is 0.310 e. The van der Waals surface area contributed by atoms with Gasteiger partial charge in [-0.3, -0.25) is 9.59 Å². The molecule has 1 fully saturated rings. The van der Waals surface area contributed by atoms with Gasteiger partial charge in [0.25, 0.3) is 5.91 Å². The third-order valence-electron chi connectivity index (χ3n) is 4.68. The Morgan fingerprint density at radius 2 is 2.08 bits per heavy atom. The van der Waals surface area contributed by atoms with E-state index in [1.807, 2.05) is 24.3 Å². The Morgan fingerprint density at radius 1 is 1.31 bits per heavy atom. The molecule has 1 saturated heterocycles. The predicted octanol–water partition coefficient (Wildman–Crippen LogP) is 1.29. The second kappa shape index (κ2) is 7.49. The number of fused-ring (bicyclic) bond motifs is 1. The van der Waals surface area contributed by atoms with Crippen LogP contribution in [0.25, 0.3) is 10.9 Å². The number of rotatable bonds is 6. The van der Waals surface area contributed by atoms with E-state index in [0.717, 1.165) is 16.5 Å². The highest BCUT2D eigenvalue weighted by Crippen LogP contribution is 2.19. The summed E-state index contributed by atoms with van der Waals surface area (Å²) in [5.41, 5.74) is 1.75. The molecule has 1 aliphatic heterocycles. The Kier molecular flexibility index (Phi) is 5.31. The zero-order chi connectivity index (χ0) is 18.7. The molecule has 3 rings (SSSR count). The molecule has 8 heteroatoms. The Bertz CT molecular complexity index is 919. The minimum atomic E-state index is -3.08. The normalized spacial score (nSPS) is 18.7. The zero-order valence-corrected chi connectivity index (χ0v) is 15.4. The summed E-state index contributed by atoms with van der Waals surface area (Å²) in [5.74, 6) is -0.766. The van der Waals surface area contributed by atoms with Crippen molar-refractivity contribution in [3.63, 3.8) is 0 Å². The number of aromatic amines is 1. The van der Waals surface area contributed by atoms with Crippen molar-refractivity contribution in [3.05, 3.63) is 36.0 Å². The lowest BCUT2D eigenvalue weighted by Gasteiger charge is -2.26. The molecule has 1 amide bonds. The maximum Gasteiger partial charge on any atom is 0.310 e. The summed E-state index contributed by atoms with van der Waals surface area (Å²) < 4.78 is 28.3. The number of amides is 1. The summed E-state index contributed by atoms with van der Waals surface area (Å²) >= 11 is 0. The molecule has 140 valence electrons. The van der Waals surface area contributed by atoms with Gasteiger partial charge in [-0.1, -0.05) is 18.2 Å². The number of sulfone groups is 1. The van der Waals surface area contributed by atoms with Gasteiger partial charge in [-0.05, 0) is 25.0 Å². The summed E-state index contributed by atoms with van der Waals surface area (Å²) in [4.78, 5) is 29.0. The first kappa shape index (κ1) is 18.4. The SMILES string of the molecule is CCN(C(=O)COC(=O)Cc1c[nH]c2ccccc12)[C@H]1CCS(=O)(=O)C1. The Morgan fingerprint density at radius 3 is 2.77 bits per heavy atom. The molecule has 1 atom stereocenters. The minimum Gasteiger partial charge on any atom is -0.455 e. The number of hydrogen-bond acceptors (Lipinski definition) is 5. The lowest BCUT2D eigenvalue weighted by atomic mass is 10.1. The van der Waals surface area contributed by atoms with Crippen molar-refractivity contribution in [2.24, 2.45) is 0 Å². The van der Waals surface area contributed by atoms with E-state index in [2.05, 4.69) is 4.98 Å². The van der Waals surface area contributed by atoms with Gasteiger partial charge in [-0.15, -0.1) is 0 Å². The minimum absolute atomic E-state index is 0.0180. The number of nitrogens with zero attached hydrogens (tertiary/aromatic N) is 1. The highest BCUT2D eigenvalue weighted by Gasteiger charge is 2.34. The third kappa shape index (κ3) is 4.07. The van der Waals surface area contributed by atoms with Crippen LogP contribution < -0.4 is 0 Å². The van der Waals surface area contributed by atoms with Crippen LogP contribution in [0.15, 0.2) is 30.5 Å². The molecule has 0 radical (unpaired) electrons. The van der Waals surface area contributed by atoms with E-state index < -0.39 is 15.8 Å². The number of H-pyrrole nitrogens is 1. The van der Waals surface area contributed by atoms with Gasteiger partial charge >= 0.3 is 5.97 Å². The number of nitrogens with one attached hydrogen (secondary N) is 1. The van der Waals surface area contributed by atoms with Crippen molar-refractivity contribution in [2.75, 3.05) is 24.7 Å². The van der Waals surface area contributed by atoms with Crippen LogP contribution in [0.1, 0.15) is 18.9 Å². The molecule has 0 bridgehead atoms. The number of esters is 1. The molecule has 7 nitrogen and oxygen atoms in total. The first-order valence-corrected chi connectivity index (χ1v) is 10.4. The molecule has 1 aromatic heterocycles. The van der Waals surface area contributed by atoms with E-state index in [4.69, 9.17) is 4.74 Å². The molecule has 1 aliphatic rings. The molecular weight excluding hydrogens is 356 g/mol. The summed E-state index contributed by atoms with van der Waals surface area (Å²) in [6, 6.07) is 7.30. The van der Waals surface area contributed by atoms with Crippen LogP contribution in [0.3, 0.4) is 0 Å². The summed E-state index contributed by atoms with van der Waals surface area (Å²) in [5, 5.41) is 0.946. The maximum absolute atomic E-state index is 12.3. The molecule has 0 saturated carbocycles. The summed E-state index contributed by atoms with van der Waals surface area (Å²) in [7, 11) is -3.08. The number of para-hydroxylation sites is 1. The molecule has 2 aromatic rings. The van der Waals surface area contributed by atoms with E-state index in [-0.39, 0.29) is 36.5 Å². The van der Waals surface area contributed by atoms with Gasteiger partial charge in [0, 0.05) is 29.7 Å². The van der Waals surface area contributed by atoms with Crippen molar-refractivity contribution in [3.8, 4) is 0 Å². The Balaban J connectivity index is 1.55. The largest absolute Gasteiger partial charge is 0.455 e.